The summed E-state index contributed by atoms with van der Waals surface area (Å²) in [4.78, 5) is 0. The fraction of sp³-hybridized carbons (Fsp3) is 0. The third-order valence-corrected chi connectivity index (χ3v) is 1.60. The third kappa shape index (κ3) is 1.77. The zero-order valence-corrected chi connectivity index (χ0v) is 6.82. The molecule has 0 aliphatic heterocycles. The molecule has 0 aliphatic carbocycles. The molecule has 1 aromatic carbocycles. The first kappa shape index (κ1) is 9.08. The van der Waals surface area contributed by atoms with Gasteiger partial charge in [0.05, 0.1) is 11.6 Å². The van der Waals surface area contributed by atoms with E-state index in [0.717, 1.165) is 0 Å². The molecule has 0 radical (unpaired) electrons. The summed E-state index contributed by atoms with van der Waals surface area (Å²) in [6.07, 6.45) is 0. The molecule has 0 aromatic heterocycles. The molecule has 5 heteroatoms. The number of hydrogen-bond donors (Lipinski definition) is 1. The van der Waals surface area contributed by atoms with E-state index in [9.17, 15) is 0 Å². The molecule has 3 nitrogen and oxygen atoms in total. The molecule has 60 valence electrons. The molecule has 12 heavy (non-hydrogen) atoms. The van der Waals surface area contributed by atoms with Crippen molar-refractivity contribution >= 4 is 24.4 Å². The third-order valence-electron chi connectivity index (χ3n) is 1.43. The van der Waals surface area contributed by atoms with Gasteiger partial charge in [0, 0.05) is 17.3 Å². The van der Waals surface area contributed by atoms with Gasteiger partial charge in [0.2, 0.25) is 0 Å². The van der Waals surface area contributed by atoms with Gasteiger partial charge in [-0.25, -0.2) is 0 Å². The Labute approximate surface area is 75.5 Å². The normalized spacial score (nSPS) is 9.08. The zero-order valence-electron chi connectivity index (χ0n) is 6.07. The highest BCUT2D eigenvalue weighted by molar-refractivity contribution is 6.64. The van der Waals surface area contributed by atoms with Gasteiger partial charge >= 0.3 is 7.12 Å². The molecule has 0 bridgehead atoms. The van der Waals surface area contributed by atoms with Crippen molar-refractivity contribution in [3.63, 3.8) is 0 Å². The lowest BCUT2D eigenvalue weighted by Crippen LogP contribution is -2.32. The lowest BCUT2D eigenvalue weighted by molar-refractivity contribution is 0.457. The number of rotatable bonds is 2. The van der Waals surface area contributed by atoms with Gasteiger partial charge in [0.1, 0.15) is 0 Å². The zero-order chi connectivity index (χ0) is 8.97. The highest BCUT2D eigenvalue weighted by atomic mass is 35.5. The van der Waals surface area contributed by atoms with Crippen LogP contribution in [-0.2, 0) is 4.21 Å². The Hall–Kier alpha value is -1.02. The van der Waals surface area contributed by atoms with E-state index in [-0.39, 0.29) is 0 Å². The molecule has 0 heterocycles. The molecule has 0 saturated carbocycles. The molecule has 1 aromatic rings. The number of halogens is 1. The second-order valence-corrected chi connectivity index (χ2v) is 2.32. The van der Waals surface area contributed by atoms with Crippen molar-refractivity contribution in [2.24, 2.45) is 0 Å². The number of hydrogen-bond acceptors (Lipinski definition) is 3. The van der Waals surface area contributed by atoms with Crippen molar-refractivity contribution in [3.8, 4) is 6.07 Å². The molecular formula is C7H5BClNO2. The van der Waals surface area contributed by atoms with Gasteiger partial charge < -0.3 is 9.23 Å². The van der Waals surface area contributed by atoms with Crippen LogP contribution in [0.2, 0.25) is 0 Å². The predicted octanol–water partition coefficient (Wildman–Crippen LogP) is 0.416. The molecule has 0 atom stereocenters. The Morgan fingerprint density at radius 2 is 2.17 bits per heavy atom. The van der Waals surface area contributed by atoms with Crippen molar-refractivity contribution in [2.75, 3.05) is 0 Å². The fourth-order valence-electron chi connectivity index (χ4n) is 0.862. The van der Waals surface area contributed by atoms with E-state index in [1.54, 1.807) is 24.3 Å². The van der Waals surface area contributed by atoms with Gasteiger partial charge in [0.25, 0.3) is 0 Å². The Bertz CT molecular complexity index is 313. The van der Waals surface area contributed by atoms with Crippen LogP contribution >= 0.6 is 11.9 Å². The van der Waals surface area contributed by atoms with Crippen molar-refractivity contribution in [1.82, 2.24) is 0 Å². The minimum Gasteiger partial charge on any atom is -0.422 e. The van der Waals surface area contributed by atoms with Gasteiger partial charge in [0.15, 0.2) is 0 Å². The molecule has 0 saturated heterocycles. The van der Waals surface area contributed by atoms with Gasteiger partial charge in [-0.1, -0.05) is 18.2 Å². The summed E-state index contributed by atoms with van der Waals surface area (Å²) >= 11 is 4.96. The molecule has 0 fully saturated rings. The lowest BCUT2D eigenvalue weighted by Gasteiger charge is -2.02. The summed E-state index contributed by atoms with van der Waals surface area (Å²) in [5.74, 6) is 0. The van der Waals surface area contributed by atoms with Crippen LogP contribution in [0.5, 0.6) is 0 Å². The number of nitriles is 1. The average Bonchev–Trinajstić information content (AvgIpc) is 2.16. The van der Waals surface area contributed by atoms with Crippen molar-refractivity contribution in [3.05, 3.63) is 29.8 Å². The average molecular weight is 181 g/mol. The summed E-state index contributed by atoms with van der Waals surface area (Å²) in [6.45, 7) is 0. The van der Waals surface area contributed by atoms with Crippen LogP contribution in [0.1, 0.15) is 5.56 Å². The van der Waals surface area contributed by atoms with Crippen molar-refractivity contribution in [2.45, 2.75) is 0 Å². The highest BCUT2D eigenvalue weighted by Crippen LogP contribution is 1.97. The van der Waals surface area contributed by atoms with E-state index in [1.165, 1.54) is 0 Å². The van der Waals surface area contributed by atoms with Gasteiger partial charge in [-0.05, 0) is 6.07 Å². The lowest BCUT2D eigenvalue weighted by atomic mass is 9.77. The number of benzene rings is 1. The van der Waals surface area contributed by atoms with Crippen molar-refractivity contribution in [1.29, 1.82) is 5.26 Å². The standard InChI is InChI=1S/C7H5BClNO2/c9-12-8(11)7-4-2-1-3-6(7)5-10/h1-4,11H. The van der Waals surface area contributed by atoms with Crippen LogP contribution in [0.3, 0.4) is 0 Å². The highest BCUT2D eigenvalue weighted by Gasteiger charge is 2.19. The van der Waals surface area contributed by atoms with E-state index in [0.29, 0.717) is 11.0 Å². The van der Waals surface area contributed by atoms with Crippen LogP contribution in [0.15, 0.2) is 24.3 Å². The second-order valence-electron chi connectivity index (χ2n) is 2.14. The van der Waals surface area contributed by atoms with Crippen molar-refractivity contribution < 1.29 is 9.23 Å². The molecule has 0 spiro atoms. The summed E-state index contributed by atoms with van der Waals surface area (Å²) in [6, 6.07) is 8.45. The van der Waals surface area contributed by atoms with E-state index in [2.05, 4.69) is 4.21 Å². The largest absolute Gasteiger partial charge is 0.509 e. The summed E-state index contributed by atoms with van der Waals surface area (Å²) in [7, 11) is -1.25. The van der Waals surface area contributed by atoms with Crippen LogP contribution < -0.4 is 5.46 Å². The summed E-state index contributed by atoms with van der Waals surface area (Å²) in [5.41, 5.74) is 0.723. The number of nitrogens with zero attached hydrogens (tertiary/aromatic N) is 1. The van der Waals surface area contributed by atoms with E-state index in [4.69, 9.17) is 22.2 Å². The molecular weight excluding hydrogens is 176 g/mol. The van der Waals surface area contributed by atoms with Gasteiger partial charge in [-0.3, -0.25) is 0 Å². The van der Waals surface area contributed by atoms with E-state index >= 15 is 0 Å². The maximum absolute atomic E-state index is 9.14. The first-order valence-electron chi connectivity index (χ1n) is 3.24. The first-order chi connectivity index (χ1) is 5.79. The summed E-state index contributed by atoms with van der Waals surface area (Å²) < 4.78 is 4.16. The molecule has 0 unspecified atom stereocenters. The maximum atomic E-state index is 9.14. The molecule has 0 amide bonds. The Morgan fingerprint density at radius 3 is 2.75 bits per heavy atom. The minimum atomic E-state index is -1.25. The first-order valence-corrected chi connectivity index (χ1v) is 3.55. The van der Waals surface area contributed by atoms with Gasteiger partial charge in [-0.15, -0.1) is 0 Å². The SMILES string of the molecule is N#Cc1ccccc1B(O)OCl. The maximum Gasteiger partial charge on any atom is 0.509 e. The Balaban J connectivity index is 3.07. The van der Waals surface area contributed by atoms with E-state index in [1.807, 2.05) is 6.07 Å². The predicted molar refractivity (Wildman–Crippen MR) is 45.7 cm³/mol. The van der Waals surface area contributed by atoms with Gasteiger partial charge in [-0.2, -0.15) is 5.26 Å². The quantitative estimate of drug-likeness (QED) is 0.673. The van der Waals surface area contributed by atoms with Crippen LogP contribution in [0, 0.1) is 11.3 Å². The van der Waals surface area contributed by atoms with E-state index < -0.39 is 7.12 Å². The Morgan fingerprint density at radius 1 is 1.50 bits per heavy atom. The van der Waals surface area contributed by atoms with Crippen LogP contribution in [0.25, 0.3) is 0 Å². The molecule has 0 aliphatic rings. The Kier molecular flexibility index (Phi) is 3.12. The topological polar surface area (TPSA) is 53.2 Å². The minimum absolute atomic E-state index is 0.352. The van der Waals surface area contributed by atoms with Crippen LogP contribution in [-0.4, -0.2) is 12.1 Å². The molecule has 1 rings (SSSR count). The van der Waals surface area contributed by atoms with Crippen LogP contribution in [0.4, 0.5) is 0 Å². The monoisotopic (exact) mass is 181 g/mol. The smallest absolute Gasteiger partial charge is 0.422 e. The molecule has 1 N–H and O–H groups in total. The second kappa shape index (κ2) is 4.12. The summed E-state index contributed by atoms with van der Waals surface area (Å²) in [5, 5.41) is 17.7. The fourth-order valence-corrected chi connectivity index (χ4v) is 0.958.